The summed E-state index contributed by atoms with van der Waals surface area (Å²) in [5.74, 6) is 0.818. The number of benzene rings is 2. The molecule has 1 saturated carbocycles. The smallest absolute Gasteiger partial charge is 0.407 e. The van der Waals surface area contributed by atoms with E-state index in [2.05, 4.69) is 23.4 Å². The van der Waals surface area contributed by atoms with E-state index in [-0.39, 0.29) is 31.5 Å². The van der Waals surface area contributed by atoms with Crippen molar-refractivity contribution < 1.29 is 24.2 Å². The SMILES string of the molecule is C#CCN(CC(=O)O)C(=O)C1(CNC(=O)OCC2c3ccccc3-c3ccccc32)CCC1. The first-order valence-corrected chi connectivity index (χ1v) is 11.0. The summed E-state index contributed by atoms with van der Waals surface area (Å²) in [6.07, 6.45) is 6.67. The first-order chi connectivity index (χ1) is 15.9. The molecule has 0 aromatic heterocycles. The van der Waals surface area contributed by atoms with E-state index in [1.165, 1.54) is 0 Å². The third-order valence-corrected chi connectivity index (χ3v) is 6.57. The van der Waals surface area contributed by atoms with Crippen LogP contribution in [0.25, 0.3) is 11.1 Å². The summed E-state index contributed by atoms with van der Waals surface area (Å²) in [6.45, 7) is -0.278. The van der Waals surface area contributed by atoms with Gasteiger partial charge in [0.2, 0.25) is 5.91 Å². The summed E-state index contributed by atoms with van der Waals surface area (Å²) in [7, 11) is 0. The maximum absolute atomic E-state index is 13.0. The van der Waals surface area contributed by atoms with E-state index in [4.69, 9.17) is 16.3 Å². The number of nitrogens with one attached hydrogen (secondary N) is 1. The fourth-order valence-electron chi connectivity index (χ4n) is 4.77. The molecule has 2 aliphatic carbocycles. The number of fused-ring (bicyclic) bond motifs is 3. The minimum atomic E-state index is -1.13. The van der Waals surface area contributed by atoms with Gasteiger partial charge >= 0.3 is 12.1 Å². The zero-order valence-corrected chi connectivity index (χ0v) is 18.3. The number of carboxylic acids is 1. The summed E-state index contributed by atoms with van der Waals surface area (Å²) < 4.78 is 5.55. The quantitative estimate of drug-likeness (QED) is 0.607. The standard InChI is InChI=1S/C26H26N2O5/c1-2-14-28(15-23(29)30)24(31)26(12-7-13-26)17-27-25(32)33-16-22-20-10-5-3-8-18(20)19-9-4-6-11-21(19)22/h1,3-6,8-11,22H,7,12-17H2,(H,27,32)(H,29,30). The Morgan fingerprint density at radius 3 is 2.21 bits per heavy atom. The number of rotatable bonds is 8. The molecule has 0 heterocycles. The van der Waals surface area contributed by atoms with Gasteiger partial charge in [-0.15, -0.1) is 6.42 Å². The van der Waals surface area contributed by atoms with E-state index >= 15 is 0 Å². The lowest BCUT2D eigenvalue weighted by Gasteiger charge is -2.42. The average Bonchev–Trinajstić information content (AvgIpc) is 3.10. The van der Waals surface area contributed by atoms with Crippen LogP contribution in [0.3, 0.4) is 0 Å². The van der Waals surface area contributed by atoms with Gasteiger partial charge in [0.05, 0.1) is 12.0 Å². The average molecular weight is 447 g/mol. The molecule has 0 spiro atoms. The molecule has 2 N–H and O–H groups in total. The van der Waals surface area contributed by atoms with Gasteiger partial charge in [0.25, 0.3) is 0 Å². The highest BCUT2D eigenvalue weighted by molar-refractivity contribution is 5.87. The van der Waals surface area contributed by atoms with Crippen LogP contribution in [0, 0.1) is 17.8 Å². The molecule has 2 aliphatic rings. The van der Waals surface area contributed by atoms with Gasteiger partial charge in [-0.2, -0.15) is 0 Å². The molecule has 0 unspecified atom stereocenters. The van der Waals surface area contributed by atoms with E-state index in [0.29, 0.717) is 12.8 Å². The zero-order chi connectivity index (χ0) is 23.4. The summed E-state index contributed by atoms with van der Waals surface area (Å²) in [6, 6.07) is 16.2. The number of carbonyl (C=O) groups is 3. The number of ether oxygens (including phenoxy) is 1. The second kappa shape index (κ2) is 9.37. The molecule has 2 aromatic carbocycles. The molecule has 2 amide bonds. The van der Waals surface area contributed by atoms with Gasteiger partial charge in [0, 0.05) is 12.5 Å². The van der Waals surface area contributed by atoms with Crippen molar-refractivity contribution in [1.82, 2.24) is 10.2 Å². The maximum Gasteiger partial charge on any atom is 0.407 e. The highest BCUT2D eigenvalue weighted by atomic mass is 16.5. The zero-order valence-electron chi connectivity index (χ0n) is 18.3. The molecule has 4 rings (SSSR count). The maximum atomic E-state index is 13.0. The Kier molecular flexibility index (Phi) is 6.36. The first kappa shape index (κ1) is 22.4. The Morgan fingerprint density at radius 1 is 1.09 bits per heavy atom. The summed E-state index contributed by atoms with van der Waals surface area (Å²) in [4.78, 5) is 37.8. The van der Waals surface area contributed by atoms with Crippen molar-refractivity contribution in [2.45, 2.75) is 25.2 Å². The van der Waals surface area contributed by atoms with Gasteiger partial charge in [0.1, 0.15) is 13.2 Å². The van der Waals surface area contributed by atoms with Crippen LogP contribution in [0.15, 0.2) is 48.5 Å². The molecule has 0 radical (unpaired) electrons. The molecule has 33 heavy (non-hydrogen) atoms. The molecule has 7 heteroatoms. The van der Waals surface area contributed by atoms with Crippen molar-refractivity contribution >= 4 is 18.0 Å². The Labute approximate surface area is 192 Å². The largest absolute Gasteiger partial charge is 0.480 e. The van der Waals surface area contributed by atoms with Crippen molar-refractivity contribution in [2.75, 3.05) is 26.2 Å². The Hall–Kier alpha value is -3.79. The lowest BCUT2D eigenvalue weighted by Crippen LogP contribution is -2.54. The Morgan fingerprint density at radius 2 is 1.70 bits per heavy atom. The van der Waals surface area contributed by atoms with E-state index < -0.39 is 24.0 Å². The summed E-state index contributed by atoms with van der Waals surface area (Å²) >= 11 is 0. The van der Waals surface area contributed by atoms with Crippen molar-refractivity contribution in [1.29, 1.82) is 0 Å². The third kappa shape index (κ3) is 4.42. The number of hydrogen-bond donors (Lipinski definition) is 2. The number of amides is 2. The second-order valence-electron chi connectivity index (χ2n) is 8.57. The molecular weight excluding hydrogens is 420 g/mol. The normalized spacial score (nSPS) is 15.4. The molecule has 0 saturated heterocycles. The molecule has 0 aliphatic heterocycles. The molecule has 0 atom stereocenters. The fourth-order valence-corrected chi connectivity index (χ4v) is 4.77. The highest BCUT2D eigenvalue weighted by Gasteiger charge is 2.46. The second-order valence-corrected chi connectivity index (χ2v) is 8.57. The highest BCUT2D eigenvalue weighted by Crippen LogP contribution is 2.45. The molecule has 170 valence electrons. The van der Waals surface area contributed by atoms with Gasteiger partial charge in [-0.1, -0.05) is 60.9 Å². The monoisotopic (exact) mass is 446 g/mol. The number of nitrogens with zero attached hydrogens (tertiary/aromatic N) is 1. The molecule has 0 bridgehead atoms. The molecule has 1 fully saturated rings. The van der Waals surface area contributed by atoms with Crippen molar-refractivity contribution in [3.05, 3.63) is 59.7 Å². The first-order valence-electron chi connectivity index (χ1n) is 11.0. The lowest BCUT2D eigenvalue weighted by molar-refractivity contribution is -0.152. The number of carbonyl (C=O) groups excluding carboxylic acids is 2. The third-order valence-electron chi connectivity index (χ3n) is 6.57. The predicted octanol–water partition coefficient (Wildman–Crippen LogP) is 3.24. The van der Waals surface area contributed by atoms with Crippen LogP contribution in [-0.2, 0) is 14.3 Å². The topological polar surface area (TPSA) is 95.9 Å². The lowest BCUT2D eigenvalue weighted by atomic mass is 9.67. The van der Waals surface area contributed by atoms with Crippen molar-refractivity contribution in [2.24, 2.45) is 5.41 Å². The van der Waals surface area contributed by atoms with Crippen LogP contribution in [0.5, 0.6) is 0 Å². The minimum absolute atomic E-state index is 0.0517. The van der Waals surface area contributed by atoms with Crippen LogP contribution in [0.2, 0.25) is 0 Å². The minimum Gasteiger partial charge on any atom is -0.480 e. The number of hydrogen-bond acceptors (Lipinski definition) is 4. The number of alkyl carbamates (subject to hydrolysis) is 1. The van der Waals surface area contributed by atoms with E-state index in [1.807, 2.05) is 36.4 Å². The molecular formula is C26H26N2O5. The number of terminal acetylenes is 1. The molecule has 7 nitrogen and oxygen atoms in total. The van der Waals surface area contributed by atoms with E-state index in [1.54, 1.807) is 0 Å². The Balaban J connectivity index is 1.38. The van der Waals surface area contributed by atoms with Gasteiger partial charge < -0.3 is 20.1 Å². The van der Waals surface area contributed by atoms with Crippen LogP contribution < -0.4 is 5.32 Å². The van der Waals surface area contributed by atoms with Gasteiger partial charge in [-0.3, -0.25) is 9.59 Å². The van der Waals surface area contributed by atoms with Crippen LogP contribution >= 0.6 is 0 Å². The fraction of sp³-hybridized carbons (Fsp3) is 0.346. The van der Waals surface area contributed by atoms with Crippen LogP contribution in [0.1, 0.15) is 36.3 Å². The number of carboxylic acid groups (broad SMARTS) is 1. The van der Waals surface area contributed by atoms with Gasteiger partial charge in [-0.05, 0) is 35.1 Å². The van der Waals surface area contributed by atoms with Crippen molar-refractivity contribution in [3.8, 4) is 23.5 Å². The van der Waals surface area contributed by atoms with Crippen molar-refractivity contribution in [3.63, 3.8) is 0 Å². The van der Waals surface area contributed by atoms with E-state index in [0.717, 1.165) is 33.6 Å². The van der Waals surface area contributed by atoms with E-state index in [9.17, 15) is 14.4 Å². The van der Waals surface area contributed by atoms with Gasteiger partial charge in [-0.25, -0.2) is 4.79 Å². The number of aliphatic carboxylic acids is 1. The molecule has 2 aromatic rings. The summed E-state index contributed by atoms with van der Waals surface area (Å²) in [5.41, 5.74) is 3.70. The Bertz CT molecular complexity index is 1070. The predicted molar refractivity (Wildman–Crippen MR) is 122 cm³/mol. The van der Waals surface area contributed by atoms with Crippen LogP contribution in [0.4, 0.5) is 4.79 Å². The summed E-state index contributed by atoms with van der Waals surface area (Å²) in [5, 5.41) is 11.8. The van der Waals surface area contributed by atoms with Crippen LogP contribution in [-0.4, -0.2) is 54.2 Å². The van der Waals surface area contributed by atoms with Gasteiger partial charge in [0.15, 0.2) is 0 Å².